The molecule has 0 unspecified atom stereocenters. The highest BCUT2D eigenvalue weighted by Crippen LogP contribution is 2.34. The maximum absolute atomic E-state index is 12.9. The molecule has 4 amide bonds. The van der Waals surface area contributed by atoms with Gasteiger partial charge in [-0.3, -0.25) is 9.59 Å². The van der Waals surface area contributed by atoms with Gasteiger partial charge < -0.3 is 30.3 Å². The summed E-state index contributed by atoms with van der Waals surface area (Å²) in [6.07, 6.45) is 1.08. The molecule has 0 radical (unpaired) electrons. The number of carbonyl (C=O) groups is 3. The van der Waals surface area contributed by atoms with Crippen molar-refractivity contribution in [2.45, 2.75) is 19.4 Å². The molecule has 174 valence electrons. The highest BCUT2D eigenvalue weighted by atomic mass is 19.1. The molecular formula is C23H25FN4O5. The van der Waals surface area contributed by atoms with Gasteiger partial charge in [0.2, 0.25) is 18.6 Å². The molecule has 10 heteroatoms. The lowest BCUT2D eigenvalue weighted by molar-refractivity contribution is -0.133. The number of halogens is 1. The van der Waals surface area contributed by atoms with Crippen LogP contribution >= 0.6 is 0 Å². The molecule has 33 heavy (non-hydrogen) atoms. The Hall–Kier alpha value is -3.82. The number of carbonyl (C=O) groups excluding carboxylic acids is 3. The number of nitrogens with zero attached hydrogens (tertiary/aromatic N) is 1. The summed E-state index contributed by atoms with van der Waals surface area (Å²) in [7, 11) is 0. The molecule has 0 bridgehead atoms. The molecule has 2 aromatic carbocycles. The highest BCUT2D eigenvalue weighted by molar-refractivity contribution is 5.93. The van der Waals surface area contributed by atoms with Gasteiger partial charge in [0.1, 0.15) is 5.82 Å². The fourth-order valence-corrected chi connectivity index (χ4v) is 3.72. The van der Waals surface area contributed by atoms with Crippen LogP contribution in [0.15, 0.2) is 42.5 Å². The second-order valence-corrected chi connectivity index (χ2v) is 7.88. The highest BCUT2D eigenvalue weighted by Gasteiger charge is 2.27. The van der Waals surface area contributed by atoms with E-state index in [2.05, 4.69) is 16.0 Å². The predicted octanol–water partition coefficient (Wildman–Crippen LogP) is 2.23. The number of benzene rings is 2. The molecule has 2 aliphatic rings. The summed E-state index contributed by atoms with van der Waals surface area (Å²) in [5.41, 5.74) is 1.39. The Kier molecular flexibility index (Phi) is 6.92. The van der Waals surface area contributed by atoms with E-state index in [4.69, 9.17) is 9.47 Å². The number of nitrogens with one attached hydrogen (secondary N) is 3. The molecule has 3 N–H and O–H groups in total. The third-order valence-electron chi connectivity index (χ3n) is 5.63. The van der Waals surface area contributed by atoms with Crippen LogP contribution in [0, 0.1) is 11.7 Å². The third kappa shape index (κ3) is 5.91. The van der Waals surface area contributed by atoms with Crippen molar-refractivity contribution in [3.8, 4) is 11.5 Å². The van der Waals surface area contributed by atoms with Gasteiger partial charge in [0.15, 0.2) is 11.5 Å². The first-order valence-corrected chi connectivity index (χ1v) is 10.7. The van der Waals surface area contributed by atoms with Crippen LogP contribution in [0.2, 0.25) is 0 Å². The minimum atomic E-state index is -0.481. The van der Waals surface area contributed by atoms with E-state index in [1.807, 2.05) is 0 Å². The summed E-state index contributed by atoms with van der Waals surface area (Å²) in [4.78, 5) is 38.6. The lowest BCUT2D eigenvalue weighted by atomic mass is 9.95. The van der Waals surface area contributed by atoms with Gasteiger partial charge in [0.25, 0.3) is 0 Å². The van der Waals surface area contributed by atoms with Crippen molar-refractivity contribution in [3.63, 3.8) is 0 Å². The van der Waals surface area contributed by atoms with Crippen molar-refractivity contribution in [3.05, 3.63) is 53.8 Å². The lowest BCUT2D eigenvalue weighted by Crippen LogP contribution is -2.47. The number of piperidine rings is 1. The summed E-state index contributed by atoms with van der Waals surface area (Å²) in [5, 5.41) is 8.05. The van der Waals surface area contributed by atoms with Crippen LogP contribution in [0.25, 0.3) is 0 Å². The second kappa shape index (κ2) is 10.2. The number of amides is 4. The summed E-state index contributed by atoms with van der Waals surface area (Å²) >= 11 is 0. The Bertz CT molecular complexity index is 1020. The normalized spacial score (nSPS) is 15.1. The number of urea groups is 1. The van der Waals surface area contributed by atoms with E-state index in [9.17, 15) is 18.8 Å². The van der Waals surface area contributed by atoms with Gasteiger partial charge in [-0.1, -0.05) is 12.1 Å². The average Bonchev–Trinajstić information content (AvgIpc) is 3.30. The van der Waals surface area contributed by atoms with Gasteiger partial charge in [0.05, 0.1) is 6.54 Å². The summed E-state index contributed by atoms with van der Waals surface area (Å²) in [5.74, 6) is 0.398. The predicted molar refractivity (Wildman–Crippen MR) is 117 cm³/mol. The molecule has 1 fully saturated rings. The van der Waals surface area contributed by atoms with E-state index < -0.39 is 6.03 Å². The first kappa shape index (κ1) is 22.4. The van der Waals surface area contributed by atoms with Crippen molar-refractivity contribution in [2.75, 3.05) is 31.7 Å². The zero-order valence-electron chi connectivity index (χ0n) is 17.9. The first-order chi connectivity index (χ1) is 16.0. The van der Waals surface area contributed by atoms with Crippen LogP contribution in [0.3, 0.4) is 0 Å². The molecule has 4 rings (SSSR count). The zero-order chi connectivity index (χ0) is 23.2. The van der Waals surface area contributed by atoms with Crippen molar-refractivity contribution >= 4 is 23.5 Å². The van der Waals surface area contributed by atoms with Crippen LogP contribution in [0.1, 0.15) is 18.4 Å². The summed E-state index contributed by atoms with van der Waals surface area (Å²) < 4.78 is 23.5. The quantitative estimate of drug-likeness (QED) is 0.618. The van der Waals surface area contributed by atoms with Gasteiger partial charge in [-0.25, -0.2) is 9.18 Å². The molecule has 2 aliphatic heterocycles. The molecule has 9 nitrogen and oxygen atoms in total. The lowest BCUT2D eigenvalue weighted by Gasteiger charge is -2.31. The molecule has 0 saturated carbocycles. The average molecular weight is 456 g/mol. The fraction of sp³-hybridized carbons (Fsp3) is 0.348. The van der Waals surface area contributed by atoms with E-state index in [0.29, 0.717) is 43.1 Å². The number of fused-ring (bicyclic) bond motifs is 1. The first-order valence-electron chi connectivity index (χ1n) is 10.7. The third-order valence-corrected chi connectivity index (χ3v) is 5.63. The van der Waals surface area contributed by atoms with Crippen LogP contribution in [0.4, 0.5) is 14.9 Å². The molecule has 0 aromatic heterocycles. The van der Waals surface area contributed by atoms with Crippen molar-refractivity contribution < 1.29 is 28.2 Å². The van der Waals surface area contributed by atoms with Gasteiger partial charge in [-0.05, 0) is 42.7 Å². The fourth-order valence-electron chi connectivity index (χ4n) is 3.72. The maximum Gasteiger partial charge on any atom is 0.315 e. The number of hydrogen-bond acceptors (Lipinski definition) is 5. The molecule has 0 atom stereocenters. The standard InChI is InChI=1S/C23H25FN4O5/c24-17-3-1-15(2-4-17)12-25-23(31)26-13-21(29)28-9-7-16(8-10-28)22(30)27-18-5-6-19-20(11-18)33-14-32-19/h1-6,11,16H,7-10,12-14H2,(H,27,30)(H2,25,26,31). The Morgan fingerprint density at radius 1 is 0.970 bits per heavy atom. The molecular weight excluding hydrogens is 431 g/mol. The van der Waals surface area contributed by atoms with Crippen LogP contribution in [-0.2, 0) is 16.1 Å². The number of hydrogen-bond donors (Lipinski definition) is 3. The van der Waals surface area contributed by atoms with Crippen molar-refractivity contribution in [1.29, 1.82) is 0 Å². The Morgan fingerprint density at radius 2 is 1.70 bits per heavy atom. The molecule has 2 aromatic rings. The van der Waals surface area contributed by atoms with E-state index in [1.165, 1.54) is 12.1 Å². The largest absolute Gasteiger partial charge is 0.454 e. The van der Waals surface area contributed by atoms with E-state index in [1.54, 1.807) is 35.2 Å². The van der Waals surface area contributed by atoms with Gasteiger partial charge in [-0.15, -0.1) is 0 Å². The van der Waals surface area contributed by atoms with Crippen molar-refractivity contribution in [1.82, 2.24) is 15.5 Å². The minimum Gasteiger partial charge on any atom is -0.454 e. The smallest absolute Gasteiger partial charge is 0.315 e. The summed E-state index contributed by atoms with van der Waals surface area (Å²) in [6, 6.07) is 10.5. The SMILES string of the molecule is O=C(NCC(=O)N1CCC(C(=O)Nc2ccc3c(c2)OCO3)CC1)NCc1ccc(F)cc1. The van der Waals surface area contributed by atoms with Gasteiger partial charge >= 0.3 is 6.03 Å². The monoisotopic (exact) mass is 456 g/mol. The summed E-state index contributed by atoms with van der Waals surface area (Å²) in [6.45, 7) is 1.14. The topological polar surface area (TPSA) is 109 Å². The number of rotatable bonds is 6. The molecule has 0 aliphatic carbocycles. The Balaban J connectivity index is 1.16. The Morgan fingerprint density at radius 3 is 2.45 bits per heavy atom. The van der Waals surface area contributed by atoms with Crippen LogP contribution in [-0.4, -0.2) is 49.2 Å². The number of anilines is 1. The molecule has 1 saturated heterocycles. The number of likely N-dealkylation sites (tertiary alicyclic amines) is 1. The minimum absolute atomic E-state index is 0.0979. The van der Waals surface area contributed by atoms with Crippen molar-refractivity contribution in [2.24, 2.45) is 5.92 Å². The van der Waals surface area contributed by atoms with E-state index in [-0.39, 0.29) is 43.4 Å². The number of ether oxygens (including phenoxy) is 2. The van der Waals surface area contributed by atoms with Gasteiger partial charge in [0, 0.05) is 37.3 Å². The van der Waals surface area contributed by atoms with E-state index >= 15 is 0 Å². The maximum atomic E-state index is 12.9. The van der Waals surface area contributed by atoms with E-state index in [0.717, 1.165) is 5.56 Å². The molecule has 0 spiro atoms. The zero-order valence-corrected chi connectivity index (χ0v) is 17.9. The van der Waals surface area contributed by atoms with Crippen LogP contribution < -0.4 is 25.4 Å². The second-order valence-electron chi connectivity index (χ2n) is 7.88. The van der Waals surface area contributed by atoms with Crippen LogP contribution in [0.5, 0.6) is 11.5 Å². The Labute approximate surface area is 190 Å². The van der Waals surface area contributed by atoms with Gasteiger partial charge in [-0.2, -0.15) is 0 Å². The molecule has 2 heterocycles.